The molecule has 0 aliphatic carbocycles. The lowest BCUT2D eigenvalue weighted by atomic mass is 10.2. The molecule has 1 aromatic heterocycles. The Morgan fingerprint density at radius 2 is 2.36 bits per heavy atom. The second-order valence-corrected chi connectivity index (χ2v) is 3.24. The predicted molar refractivity (Wildman–Crippen MR) is 45.1 cm³/mol. The van der Waals surface area contributed by atoms with E-state index < -0.39 is 0 Å². The normalized spacial score (nSPS) is 10.0. The SMILES string of the molecule is CCc1scc([N+](=O)[O-])c1C. The van der Waals surface area contributed by atoms with Crippen molar-refractivity contribution in [1.82, 2.24) is 0 Å². The van der Waals surface area contributed by atoms with E-state index in [0.717, 1.165) is 16.9 Å². The van der Waals surface area contributed by atoms with Crippen LogP contribution < -0.4 is 0 Å². The van der Waals surface area contributed by atoms with Gasteiger partial charge in [-0.05, 0) is 13.3 Å². The molecule has 0 amide bonds. The maximum Gasteiger partial charge on any atom is 0.283 e. The molecule has 0 N–H and O–H groups in total. The Morgan fingerprint density at radius 1 is 1.73 bits per heavy atom. The quantitative estimate of drug-likeness (QED) is 0.507. The maximum atomic E-state index is 10.4. The molecule has 4 heteroatoms. The molecule has 0 aliphatic heterocycles. The van der Waals surface area contributed by atoms with Crippen LogP contribution in [0.1, 0.15) is 17.4 Å². The maximum absolute atomic E-state index is 10.4. The molecule has 0 aromatic carbocycles. The van der Waals surface area contributed by atoms with Gasteiger partial charge in [-0.15, -0.1) is 11.3 Å². The van der Waals surface area contributed by atoms with Crippen LogP contribution in [0.2, 0.25) is 0 Å². The molecule has 0 bridgehead atoms. The summed E-state index contributed by atoms with van der Waals surface area (Å²) in [5.41, 5.74) is 1.08. The highest BCUT2D eigenvalue weighted by Gasteiger charge is 2.14. The number of nitro groups is 1. The lowest BCUT2D eigenvalue weighted by Gasteiger charge is -1.90. The highest BCUT2D eigenvalue weighted by molar-refractivity contribution is 7.10. The van der Waals surface area contributed by atoms with Gasteiger partial charge in [-0.3, -0.25) is 10.1 Å². The number of hydrogen-bond donors (Lipinski definition) is 0. The Balaban J connectivity index is 3.10. The van der Waals surface area contributed by atoms with Crippen LogP contribution in [0.15, 0.2) is 5.38 Å². The van der Waals surface area contributed by atoms with Gasteiger partial charge in [0.2, 0.25) is 0 Å². The lowest BCUT2D eigenvalue weighted by Crippen LogP contribution is -1.88. The Labute approximate surface area is 68.8 Å². The Morgan fingerprint density at radius 3 is 2.64 bits per heavy atom. The molecule has 1 heterocycles. The fourth-order valence-electron chi connectivity index (χ4n) is 0.975. The molecule has 0 fully saturated rings. The van der Waals surface area contributed by atoms with Crippen LogP contribution in [0.3, 0.4) is 0 Å². The molecular weight excluding hydrogens is 162 g/mol. The average molecular weight is 171 g/mol. The molecule has 0 aliphatic rings. The van der Waals surface area contributed by atoms with Gasteiger partial charge in [0.15, 0.2) is 0 Å². The summed E-state index contributed by atoms with van der Waals surface area (Å²) in [6, 6.07) is 0. The molecular formula is C7H9NO2S. The van der Waals surface area contributed by atoms with Crippen LogP contribution in [0.4, 0.5) is 5.69 Å². The average Bonchev–Trinajstić information content (AvgIpc) is 2.30. The van der Waals surface area contributed by atoms with Gasteiger partial charge in [-0.25, -0.2) is 0 Å². The van der Waals surface area contributed by atoms with Crippen molar-refractivity contribution in [1.29, 1.82) is 0 Å². The fraction of sp³-hybridized carbons (Fsp3) is 0.429. The van der Waals surface area contributed by atoms with E-state index in [1.807, 2.05) is 6.92 Å². The number of hydrogen-bond acceptors (Lipinski definition) is 3. The third-order valence-electron chi connectivity index (χ3n) is 1.63. The van der Waals surface area contributed by atoms with Gasteiger partial charge in [-0.1, -0.05) is 6.92 Å². The molecule has 1 aromatic rings. The standard InChI is InChI=1S/C7H9NO2S/c1-3-7-5(2)6(4-11-7)8(9)10/h4H,3H2,1-2H3. The van der Waals surface area contributed by atoms with Gasteiger partial charge in [0, 0.05) is 10.4 Å². The highest BCUT2D eigenvalue weighted by Crippen LogP contribution is 2.28. The van der Waals surface area contributed by atoms with E-state index in [9.17, 15) is 10.1 Å². The monoisotopic (exact) mass is 171 g/mol. The number of rotatable bonds is 2. The van der Waals surface area contributed by atoms with Gasteiger partial charge in [-0.2, -0.15) is 0 Å². The fourth-order valence-corrected chi connectivity index (χ4v) is 1.94. The van der Waals surface area contributed by atoms with E-state index in [-0.39, 0.29) is 10.6 Å². The Bertz CT molecular complexity index is 280. The first kappa shape index (κ1) is 8.20. The third-order valence-corrected chi connectivity index (χ3v) is 2.85. The minimum atomic E-state index is -0.328. The van der Waals surface area contributed by atoms with E-state index >= 15 is 0 Å². The van der Waals surface area contributed by atoms with Gasteiger partial charge in [0.05, 0.1) is 10.3 Å². The second-order valence-electron chi connectivity index (χ2n) is 2.28. The summed E-state index contributed by atoms with van der Waals surface area (Å²) in [5.74, 6) is 0. The summed E-state index contributed by atoms with van der Waals surface area (Å²) in [4.78, 5) is 11.1. The zero-order valence-corrected chi connectivity index (χ0v) is 7.27. The number of nitrogens with zero attached hydrogens (tertiary/aromatic N) is 1. The summed E-state index contributed by atoms with van der Waals surface area (Å²) in [7, 11) is 0. The van der Waals surface area contributed by atoms with Crippen LogP contribution in [-0.4, -0.2) is 4.92 Å². The van der Waals surface area contributed by atoms with Gasteiger partial charge < -0.3 is 0 Å². The largest absolute Gasteiger partial charge is 0.283 e. The second kappa shape index (κ2) is 3.00. The van der Waals surface area contributed by atoms with Crippen molar-refractivity contribution in [3.05, 3.63) is 25.9 Å². The molecule has 3 nitrogen and oxygen atoms in total. The van der Waals surface area contributed by atoms with E-state index in [1.165, 1.54) is 11.3 Å². The highest BCUT2D eigenvalue weighted by atomic mass is 32.1. The summed E-state index contributed by atoms with van der Waals surface area (Å²) < 4.78 is 0. The van der Waals surface area contributed by atoms with E-state index in [2.05, 4.69) is 0 Å². The molecule has 0 saturated carbocycles. The molecule has 0 unspecified atom stereocenters. The lowest BCUT2D eigenvalue weighted by molar-refractivity contribution is -0.385. The minimum Gasteiger partial charge on any atom is -0.258 e. The van der Waals surface area contributed by atoms with E-state index in [0.29, 0.717) is 0 Å². The summed E-state index contributed by atoms with van der Waals surface area (Å²) >= 11 is 1.46. The molecule has 11 heavy (non-hydrogen) atoms. The molecule has 0 saturated heterocycles. The Kier molecular flexibility index (Phi) is 2.24. The summed E-state index contributed by atoms with van der Waals surface area (Å²) in [5, 5.41) is 12.0. The molecule has 0 radical (unpaired) electrons. The third kappa shape index (κ3) is 1.40. The van der Waals surface area contributed by atoms with Crippen LogP contribution in [0.5, 0.6) is 0 Å². The van der Waals surface area contributed by atoms with Crippen molar-refractivity contribution >= 4 is 17.0 Å². The predicted octanol–water partition coefficient (Wildman–Crippen LogP) is 2.53. The van der Waals surface area contributed by atoms with Crippen molar-refractivity contribution in [2.75, 3.05) is 0 Å². The number of aryl methyl sites for hydroxylation is 1. The Hall–Kier alpha value is -0.900. The first-order valence-electron chi connectivity index (χ1n) is 3.38. The number of thiophene rings is 1. The summed E-state index contributed by atoms with van der Waals surface area (Å²) in [6.07, 6.45) is 0.879. The van der Waals surface area contributed by atoms with Crippen molar-refractivity contribution in [2.45, 2.75) is 20.3 Å². The topological polar surface area (TPSA) is 43.1 Å². The van der Waals surface area contributed by atoms with E-state index in [1.54, 1.807) is 12.3 Å². The van der Waals surface area contributed by atoms with Crippen LogP contribution in [0.25, 0.3) is 0 Å². The minimum absolute atomic E-state index is 0.256. The zero-order chi connectivity index (χ0) is 8.43. The molecule has 1 rings (SSSR count). The molecule has 60 valence electrons. The van der Waals surface area contributed by atoms with Crippen molar-refractivity contribution < 1.29 is 4.92 Å². The summed E-state index contributed by atoms with van der Waals surface area (Å²) in [6.45, 7) is 3.80. The van der Waals surface area contributed by atoms with Crippen LogP contribution in [-0.2, 0) is 6.42 Å². The van der Waals surface area contributed by atoms with Crippen molar-refractivity contribution in [2.24, 2.45) is 0 Å². The first-order chi connectivity index (χ1) is 5.16. The molecule has 0 atom stereocenters. The smallest absolute Gasteiger partial charge is 0.258 e. The van der Waals surface area contributed by atoms with Crippen molar-refractivity contribution in [3.63, 3.8) is 0 Å². The van der Waals surface area contributed by atoms with Gasteiger partial charge in [0.1, 0.15) is 0 Å². The van der Waals surface area contributed by atoms with E-state index in [4.69, 9.17) is 0 Å². The zero-order valence-electron chi connectivity index (χ0n) is 6.46. The molecule has 0 spiro atoms. The first-order valence-corrected chi connectivity index (χ1v) is 4.26. The van der Waals surface area contributed by atoms with Gasteiger partial charge >= 0.3 is 0 Å². The van der Waals surface area contributed by atoms with Crippen LogP contribution in [0, 0.1) is 17.0 Å². The van der Waals surface area contributed by atoms with Gasteiger partial charge in [0.25, 0.3) is 5.69 Å². The van der Waals surface area contributed by atoms with Crippen LogP contribution >= 0.6 is 11.3 Å². The van der Waals surface area contributed by atoms with Crippen molar-refractivity contribution in [3.8, 4) is 0 Å².